The molecule has 0 spiro atoms. The summed E-state index contributed by atoms with van der Waals surface area (Å²) >= 11 is 0. The number of hydrogen-bond acceptors (Lipinski definition) is 3. The van der Waals surface area contributed by atoms with Crippen molar-refractivity contribution >= 4 is 17.7 Å². The summed E-state index contributed by atoms with van der Waals surface area (Å²) in [5, 5.41) is 2.89. The average Bonchev–Trinajstić information content (AvgIpc) is 2.62. The van der Waals surface area contributed by atoms with Gasteiger partial charge in [-0.2, -0.15) is 0 Å². The lowest BCUT2D eigenvalue weighted by Crippen LogP contribution is -2.16. The number of hydrogen-bond donors (Lipinski definition) is 1. The van der Waals surface area contributed by atoms with Gasteiger partial charge in [-0.1, -0.05) is 37.6 Å². The van der Waals surface area contributed by atoms with Crippen LogP contribution in [0.4, 0.5) is 5.69 Å². The highest BCUT2D eigenvalue weighted by Crippen LogP contribution is 2.32. The molecule has 4 nitrogen and oxygen atoms in total. The highest BCUT2D eigenvalue weighted by molar-refractivity contribution is 6.04. The third kappa shape index (κ3) is 3.96. The van der Waals surface area contributed by atoms with Gasteiger partial charge in [0.2, 0.25) is 0 Å². The summed E-state index contributed by atoms with van der Waals surface area (Å²) in [7, 11) is 0. The number of allylic oxidation sites excluding steroid dienone is 1. The number of anilines is 1. The molecule has 0 fully saturated rings. The van der Waals surface area contributed by atoms with Crippen molar-refractivity contribution in [1.82, 2.24) is 0 Å². The van der Waals surface area contributed by atoms with Crippen LogP contribution in [0.5, 0.6) is 11.5 Å². The van der Waals surface area contributed by atoms with Gasteiger partial charge >= 0.3 is 0 Å². The molecule has 1 aliphatic rings. The van der Waals surface area contributed by atoms with Crippen molar-refractivity contribution in [2.75, 3.05) is 18.5 Å². The lowest BCUT2D eigenvalue weighted by molar-refractivity contribution is 0.102. The SMILES string of the molecule is CCCC=Cc1ccc(C(=O)Nc2ccc3c(c2)OCCO3)cc1. The number of rotatable bonds is 5. The first kappa shape index (κ1) is 16.1. The molecule has 24 heavy (non-hydrogen) atoms. The second-order valence-electron chi connectivity index (χ2n) is 5.63. The zero-order valence-electron chi connectivity index (χ0n) is 13.7. The molecule has 0 saturated heterocycles. The summed E-state index contributed by atoms with van der Waals surface area (Å²) in [4.78, 5) is 12.4. The summed E-state index contributed by atoms with van der Waals surface area (Å²) < 4.78 is 11.0. The van der Waals surface area contributed by atoms with Crippen molar-refractivity contribution in [3.05, 3.63) is 59.7 Å². The number of unbranched alkanes of at least 4 members (excludes halogenated alkanes) is 1. The van der Waals surface area contributed by atoms with Crippen LogP contribution in [-0.4, -0.2) is 19.1 Å². The maximum absolute atomic E-state index is 12.4. The van der Waals surface area contributed by atoms with Crippen LogP contribution >= 0.6 is 0 Å². The zero-order chi connectivity index (χ0) is 16.8. The molecule has 0 unspecified atom stereocenters. The Morgan fingerprint density at radius 1 is 1.08 bits per heavy atom. The summed E-state index contributed by atoms with van der Waals surface area (Å²) in [6, 6.07) is 13.0. The van der Waals surface area contributed by atoms with Gasteiger partial charge in [-0.25, -0.2) is 0 Å². The number of fused-ring (bicyclic) bond motifs is 1. The first-order valence-electron chi connectivity index (χ1n) is 8.24. The monoisotopic (exact) mass is 323 g/mol. The second-order valence-corrected chi connectivity index (χ2v) is 5.63. The third-order valence-corrected chi connectivity index (χ3v) is 3.74. The van der Waals surface area contributed by atoms with Crippen molar-refractivity contribution in [2.24, 2.45) is 0 Å². The number of benzene rings is 2. The fourth-order valence-corrected chi connectivity index (χ4v) is 2.46. The quantitative estimate of drug-likeness (QED) is 0.880. The molecule has 1 aliphatic heterocycles. The standard InChI is InChI=1S/C20H21NO3/c1-2-3-4-5-15-6-8-16(9-7-15)20(22)21-17-10-11-18-19(14-17)24-13-12-23-18/h4-11,14H,2-3,12-13H2,1H3,(H,21,22). The van der Waals surface area contributed by atoms with E-state index in [0.717, 1.165) is 18.4 Å². The molecule has 0 aromatic heterocycles. The number of nitrogens with one attached hydrogen (secondary N) is 1. The number of amides is 1. The summed E-state index contributed by atoms with van der Waals surface area (Å²) in [5.74, 6) is 1.23. The molecule has 2 aromatic carbocycles. The Labute approximate surface area is 142 Å². The maximum Gasteiger partial charge on any atom is 0.255 e. The van der Waals surface area contributed by atoms with Gasteiger partial charge in [-0.05, 0) is 36.2 Å². The van der Waals surface area contributed by atoms with Gasteiger partial charge in [0.1, 0.15) is 13.2 Å². The molecule has 1 amide bonds. The van der Waals surface area contributed by atoms with Crippen LogP contribution in [-0.2, 0) is 0 Å². The number of ether oxygens (including phenoxy) is 2. The summed E-state index contributed by atoms with van der Waals surface area (Å²) in [5.41, 5.74) is 2.41. The molecule has 0 radical (unpaired) electrons. The van der Waals surface area contributed by atoms with E-state index in [9.17, 15) is 4.79 Å². The Morgan fingerprint density at radius 2 is 1.83 bits per heavy atom. The lowest BCUT2D eigenvalue weighted by atomic mass is 10.1. The molecule has 1 heterocycles. The second kappa shape index (κ2) is 7.68. The van der Waals surface area contributed by atoms with Crippen LogP contribution in [0.3, 0.4) is 0 Å². The van der Waals surface area contributed by atoms with E-state index in [-0.39, 0.29) is 5.91 Å². The van der Waals surface area contributed by atoms with E-state index >= 15 is 0 Å². The Bertz CT molecular complexity index is 735. The van der Waals surface area contributed by atoms with Gasteiger partial charge < -0.3 is 14.8 Å². The number of carbonyl (C=O) groups is 1. The fraction of sp³-hybridized carbons (Fsp3) is 0.250. The van der Waals surface area contributed by atoms with Gasteiger partial charge in [-0.15, -0.1) is 0 Å². The first-order chi connectivity index (χ1) is 11.8. The van der Waals surface area contributed by atoms with E-state index in [2.05, 4.69) is 24.4 Å². The minimum atomic E-state index is -0.143. The topological polar surface area (TPSA) is 47.6 Å². The number of carbonyl (C=O) groups excluding carboxylic acids is 1. The Morgan fingerprint density at radius 3 is 2.58 bits per heavy atom. The largest absolute Gasteiger partial charge is 0.486 e. The Hall–Kier alpha value is -2.75. The van der Waals surface area contributed by atoms with Crippen LogP contribution in [0.15, 0.2) is 48.5 Å². The highest BCUT2D eigenvalue weighted by Gasteiger charge is 2.13. The molecule has 0 bridgehead atoms. The molecule has 0 saturated carbocycles. The molecule has 124 valence electrons. The van der Waals surface area contributed by atoms with Crippen LogP contribution in [0.2, 0.25) is 0 Å². The van der Waals surface area contributed by atoms with Crippen molar-refractivity contribution < 1.29 is 14.3 Å². The van der Waals surface area contributed by atoms with E-state index in [4.69, 9.17) is 9.47 Å². The Balaban J connectivity index is 1.66. The molecule has 2 aromatic rings. The van der Waals surface area contributed by atoms with Crippen molar-refractivity contribution in [3.63, 3.8) is 0 Å². The summed E-state index contributed by atoms with van der Waals surface area (Å²) in [6.45, 7) is 3.23. The smallest absolute Gasteiger partial charge is 0.255 e. The van der Waals surface area contributed by atoms with Gasteiger partial charge in [0.15, 0.2) is 11.5 Å². The van der Waals surface area contributed by atoms with Gasteiger partial charge in [0.05, 0.1) is 0 Å². The molecule has 0 atom stereocenters. The van der Waals surface area contributed by atoms with Crippen LogP contribution < -0.4 is 14.8 Å². The molecule has 0 aliphatic carbocycles. The normalized spacial score (nSPS) is 13.0. The molecule has 4 heteroatoms. The lowest BCUT2D eigenvalue weighted by Gasteiger charge is -2.19. The molecular formula is C20H21NO3. The minimum Gasteiger partial charge on any atom is -0.486 e. The van der Waals surface area contributed by atoms with E-state index in [1.807, 2.05) is 36.4 Å². The predicted molar refractivity (Wildman–Crippen MR) is 95.8 cm³/mol. The van der Waals surface area contributed by atoms with Gasteiger partial charge in [0.25, 0.3) is 5.91 Å². The zero-order valence-corrected chi connectivity index (χ0v) is 13.7. The average molecular weight is 323 g/mol. The molecule has 3 rings (SSSR count). The molecule has 1 N–H and O–H groups in total. The first-order valence-corrected chi connectivity index (χ1v) is 8.24. The molecular weight excluding hydrogens is 302 g/mol. The van der Waals surface area contributed by atoms with Crippen molar-refractivity contribution in [3.8, 4) is 11.5 Å². The van der Waals surface area contributed by atoms with Gasteiger partial charge in [0, 0.05) is 17.3 Å². The predicted octanol–water partition coefficient (Wildman–Crippen LogP) is 4.52. The van der Waals surface area contributed by atoms with Gasteiger partial charge in [-0.3, -0.25) is 4.79 Å². The van der Waals surface area contributed by atoms with Crippen LogP contribution in [0, 0.1) is 0 Å². The van der Waals surface area contributed by atoms with Crippen molar-refractivity contribution in [1.29, 1.82) is 0 Å². The van der Waals surface area contributed by atoms with Crippen LogP contribution in [0.25, 0.3) is 6.08 Å². The summed E-state index contributed by atoms with van der Waals surface area (Å²) in [6.07, 6.45) is 6.41. The van der Waals surface area contributed by atoms with E-state index < -0.39 is 0 Å². The Kier molecular flexibility index (Phi) is 5.16. The van der Waals surface area contributed by atoms with E-state index in [1.54, 1.807) is 6.07 Å². The highest BCUT2D eigenvalue weighted by atomic mass is 16.6. The maximum atomic E-state index is 12.4. The van der Waals surface area contributed by atoms with E-state index in [1.165, 1.54) is 0 Å². The minimum absolute atomic E-state index is 0.143. The van der Waals surface area contributed by atoms with Crippen molar-refractivity contribution in [2.45, 2.75) is 19.8 Å². The third-order valence-electron chi connectivity index (χ3n) is 3.74. The fourth-order valence-electron chi connectivity index (χ4n) is 2.46. The van der Waals surface area contributed by atoms with E-state index in [0.29, 0.717) is 36.0 Å². The van der Waals surface area contributed by atoms with Crippen LogP contribution in [0.1, 0.15) is 35.7 Å².